The van der Waals surface area contributed by atoms with E-state index in [-0.39, 0.29) is 51.4 Å². The number of nitrogens with zero attached hydrogens (tertiary/aromatic N) is 1. The third-order valence-electron chi connectivity index (χ3n) is 2.67. The Morgan fingerprint density at radius 2 is 1.92 bits per heavy atom. The van der Waals surface area contributed by atoms with Gasteiger partial charge in [0.2, 0.25) is 6.10 Å². The van der Waals surface area contributed by atoms with E-state index in [9.17, 15) is 14.7 Å². The van der Waals surface area contributed by atoms with Crippen LogP contribution in [0.3, 0.4) is 0 Å². The molecule has 6 nitrogen and oxygen atoms in total. The van der Waals surface area contributed by atoms with Crippen LogP contribution in [-0.2, 0) is 9.53 Å². The number of rotatable bonds is 1. The largest absolute Gasteiger partial charge is 1.00 e. The van der Waals surface area contributed by atoms with E-state index < -0.39 is 23.7 Å². The van der Waals surface area contributed by atoms with Gasteiger partial charge in [0, 0.05) is 22.2 Å². The van der Waals surface area contributed by atoms with Crippen LogP contribution in [0, 0.1) is 0 Å². The first-order chi connectivity index (χ1) is 10.6. The molecule has 0 saturated carbocycles. The summed E-state index contributed by atoms with van der Waals surface area (Å²) in [6, 6.07) is 6.91. The fourth-order valence-corrected chi connectivity index (χ4v) is 2.18. The third kappa shape index (κ3) is 6.07. The normalized spacial score (nSPS) is 16.6. The molecule has 8 heteroatoms. The predicted molar refractivity (Wildman–Crippen MR) is 83.9 cm³/mol. The Morgan fingerprint density at radius 1 is 1.29 bits per heavy atom. The molecular formula is C16H16ClKN2O4. The van der Waals surface area contributed by atoms with Crippen molar-refractivity contribution < 1.29 is 70.8 Å². The number of hydrogen-bond donors (Lipinski definition) is 1. The number of aromatic nitrogens is 1. The molecule has 1 aliphatic rings. The van der Waals surface area contributed by atoms with Crippen molar-refractivity contribution in [3.05, 3.63) is 41.0 Å². The van der Waals surface area contributed by atoms with Crippen LogP contribution in [-0.4, -0.2) is 22.6 Å². The number of carbonyl (C=O) groups is 2. The zero-order chi connectivity index (χ0) is 17.2. The van der Waals surface area contributed by atoms with E-state index in [2.05, 4.69) is 10.3 Å². The van der Waals surface area contributed by atoms with E-state index in [1.165, 1.54) is 0 Å². The molecule has 2 amide bonds. The Bertz CT molecular complexity index is 755. The summed E-state index contributed by atoms with van der Waals surface area (Å²) in [7, 11) is 0. The molecule has 0 bridgehead atoms. The number of nitrogens with one attached hydrogen (secondary N) is 1. The van der Waals surface area contributed by atoms with Gasteiger partial charge in [-0.3, -0.25) is 15.1 Å². The van der Waals surface area contributed by atoms with Crippen molar-refractivity contribution in [3.8, 4) is 0 Å². The number of imide groups is 1. The Morgan fingerprint density at radius 3 is 2.46 bits per heavy atom. The molecule has 1 saturated heterocycles. The molecule has 2 aromatic rings. The minimum atomic E-state index is -0.992. The van der Waals surface area contributed by atoms with Crippen LogP contribution >= 0.6 is 11.6 Å². The molecule has 1 aromatic heterocycles. The molecule has 0 radical (unpaired) electrons. The molecule has 1 aliphatic heterocycles. The Hall–Kier alpha value is -0.544. The second-order valence-corrected chi connectivity index (χ2v) is 6.39. The fraction of sp³-hybridized carbons (Fsp3) is 0.312. The summed E-state index contributed by atoms with van der Waals surface area (Å²) in [6.07, 6.45) is -0.142. The number of alkyl carbamates (subject to hydrolysis) is 1. The quantitative estimate of drug-likeness (QED) is 0.669. The third-order valence-corrected chi connectivity index (χ3v) is 2.89. The summed E-state index contributed by atoms with van der Waals surface area (Å²) in [5, 5.41) is 13.4. The first kappa shape index (κ1) is 21.5. The van der Waals surface area contributed by atoms with Gasteiger partial charge < -0.3 is 9.84 Å². The van der Waals surface area contributed by atoms with Gasteiger partial charge in [-0.1, -0.05) is 38.4 Å². The number of hydrogen-bond acceptors (Lipinski definition) is 5. The van der Waals surface area contributed by atoms with Gasteiger partial charge in [0.25, 0.3) is 5.91 Å². The molecule has 0 spiro atoms. The van der Waals surface area contributed by atoms with E-state index in [0.717, 1.165) is 5.39 Å². The number of amides is 2. The summed E-state index contributed by atoms with van der Waals surface area (Å²) in [4.78, 5) is 26.9. The number of halogens is 1. The maximum absolute atomic E-state index is 11.6. The molecule has 24 heavy (non-hydrogen) atoms. The van der Waals surface area contributed by atoms with Crippen molar-refractivity contribution in [1.29, 1.82) is 0 Å². The summed E-state index contributed by atoms with van der Waals surface area (Å²) < 4.78 is 4.92. The SMILES string of the molecule is CC(C)(C)[O-].O=C1NC(=O)C(c2cc(Cl)cc3cccnc23)O1.[K+]. The van der Waals surface area contributed by atoms with Crippen molar-refractivity contribution >= 4 is 34.5 Å². The molecule has 0 aliphatic carbocycles. The minimum absolute atomic E-state index is 0. The zero-order valence-electron chi connectivity index (χ0n) is 13.9. The number of benzene rings is 1. The van der Waals surface area contributed by atoms with E-state index in [1.54, 1.807) is 45.2 Å². The van der Waals surface area contributed by atoms with E-state index >= 15 is 0 Å². The molecule has 1 N–H and O–H groups in total. The standard InChI is InChI=1S/C12H7ClN2O3.C4H9O.K/c13-7-4-6-2-1-3-14-9(6)8(5-7)10-11(16)15-12(17)18-10;1-4(2,3)5;/h1-5,10H,(H,15,16,17);1-3H3;/q;-1;+1. The maximum Gasteiger partial charge on any atom is 1.00 e. The fourth-order valence-electron chi connectivity index (χ4n) is 1.94. The first-order valence-electron chi connectivity index (χ1n) is 6.91. The van der Waals surface area contributed by atoms with Gasteiger partial charge in [-0.25, -0.2) is 4.79 Å². The van der Waals surface area contributed by atoms with E-state index in [0.29, 0.717) is 16.1 Å². The molecule has 1 unspecified atom stereocenters. The van der Waals surface area contributed by atoms with Gasteiger partial charge in [-0.2, -0.15) is 0 Å². The van der Waals surface area contributed by atoms with Gasteiger partial charge in [-0.15, -0.1) is 5.60 Å². The van der Waals surface area contributed by atoms with Crippen LogP contribution < -0.4 is 61.8 Å². The molecule has 122 valence electrons. The number of cyclic esters (lactones) is 1. The second kappa shape index (κ2) is 8.71. The zero-order valence-corrected chi connectivity index (χ0v) is 17.8. The maximum atomic E-state index is 11.6. The van der Waals surface area contributed by atoms with Crippen molar-refractivity contribution in [3.63, 3.8) is 0 Å². The Balaban J connectivity index is 0.000000425. The number of fused-ring (bicyclic) bond motifs is 1. The number of pyridine rings is 1. The van der Waals surface area contributed by atoms with Crippen LogP contribution in [0.5, 0.6) is 0 Å². The first-order valence-corrected chi connectivity index (χ1v) is 7.29. The number of carbonyl (C=O) groups excluding carboxylic acids is 2. The van der Waals surface area contributed by atoms with Crippen molar-refractivity contribution in [2.75, 3.05) is 0 Å². The van der Waals surface area contributed by atoms with Crippen molar-refractivity contribution in [1.82, 2.24) is 10.3 Å². The Labute approximate surface area is 187 Å². The van der Waals surface area contributed by atoms with Crippen LogP contribution in [0.2, 0.25) is 5.02 Å². The number of ether oxygens (including phenoxy) is 1. The van der Waals surface area contributed by atoms with Crippen LogP contribution in [0.4, 0.5) is 4.79 Å². The molecule has 1 aromatic carbocycles. The van der Waals surface area contributed by atoms with Gasteiger partial charge in [0.15, 0.2) is 0 Å². The molecule has 1 fully saturated rings. The smallest absolute Gasteiger partial charge is 0.850 e. The summed E-state index contributed by atoms with van der Waals surface area (Å²) in [5.74, 6) is -0.505. The van der Waals surface area contributed by atoms with Gasteiger partial charge in [0.05, 0.1) is 5.52 Å². The molecule has 3 rings (SSSR count). The van der Waals surface area contributed by atoms with Gasteiger partial charge >= 0.3 is 57.5 Å². The van der Waals surface area contributed by atoms with Gasteiger partial charge in [-0.05, 0) is 18.2 Å². The summed E-state index contributed by atoms with van der Waals surface area (Å²) in [6.45, 7) is 4.90. The predicted octanol–water partition coefficient (Wildman–Crippen LogP) is -0.655. The van der Waals surface area contributed by atoms with Crippen LogP contribution in [0.25, 0.3) is 10.9 Å². The second-order valence-electron chi connectivity index (χ2n) is 5.96. The molecule has 1 atom stereocenters. The molecule has 2 heterocycles. The average molecular weight is 375 g/mol. The van der Waals surface area contributed by atoms with Gasteiger partial charge in [0.1, 0.15) is 0 Å². The summed E-state index contributed by atoms with van der Waals surface area (Å²) >= 11 is 5.99. The van der Waals surface area contributed by atoms with E-state index in [1.807, 2.05) is 6.07 Å². The topological polar surface area (TPSA) is 91.3 Å². The van der Waals surface area contributed by atoms with E-state index in [4.69, 9.17) is 16.3 Å². The van der Waals surface area contributed by atoms with Crippen molar-refractivity contribution in [2.24, 2.45) is 0 Å². The molecular weight excluding hydrogens is 359 g/mol. The summed E-state index contributed by atoms with van der Waals surface area (Å²) in [5.41, 5.74) is 0.332. The minimum Gasteiger partial charge on any atom is -0.850 e. The van der Waals surface area contributed by atoms with Crippen molar-refractivity contribution in [2.45, 2.75) is 32.5 Å². The van der Waals surface area contributed by atoms with Crippen LogP contribution in [0.15, 0.2) is 30.5 Å². The average Bonchev–Trinajstić information content (AvgIpc) is 2.74. The van der Waals surface area contributed by atoms with Crippen LogP contribution in [0.1, 0.15) is 32.4 Å². The monoisotopic (exact) mass is 374 g/mol. The Kier molecular flexibility index (Phi) is 7.80.